The van der Waals surface area contributed by atoms with E-state index < -0.39 is 10.0 Å². The Labute approximate surface area is 132 Å². The molecule has 19 heavy (non-hydrogen) atoms. The van der Waals surface area contributed by atoms with Crippen LogP contribution in [0, 0.1) is 5.92 Å². The minimum atomic E-state index is -3.29. The molecule has 0 aliphatic carbocycles. The molecule has 2 saturated heterocycles. The van der Waals surface area contributed by atoms with Crippen LogP contribution < -0.4 is 5.32 Å². The summed E-state index contributed by atoms with van der Waals surface area (Å²) in [6.07, 6.45) is 2.02. The van der Waals surface area contributed by atoms with Crippen LogP contribution in [0.4, 0.5) is 0 Å². The van der Waals surface area contributed by atoms with E-state index in [-0.39, 0.29) is 12.4 Å². The summed E-state index contributed by atoms with van der Waals surface area (Å²) in [4.78, 5) is 0. The topological polar surface area (TPSA) is 49.4 Å². The summed E-state index contributed by atoms with van der Waals surface area (Å²) < 4.78 is 27.9. The molecule has 3 rings (SSSR count). The zero-order valence-electron chi connectivity index (χ0n) is 10.2. The normalized spacial score (nSPS) is 27.8. The van der Waals surface area contributed by atoms with Crippen molar-refractivity contribution in [2.24, 2.45) is 5.92 Å². The monoisotopic (exact) mass is 386 g/mol. The average Bonchev–Trinajstić information content (AvgIpc) is 2.96. The van der Waals surface area contributed by atoms with Crippen LogP contribution in [0.1, 0.15) is 12.8 Å². The molecule has 0 spiro atoms. The maximum atomic E-state index is 12.5. The molecule has 1 N–H and O–H groups in total. The molecule has 1 aromatic rings. The summed E-state index contributed by atoms with van der Waals surface area (Å²) in [5.74, 6) is 0.483. The zero-order valence-corrected chi connectivity index (χ0v) is 14.2. The number of hydrogen-bond donors (Lipinski definition) is 1. The fourth-order valence-electron chi connectivity index (χ4n) is 2.80. The van der Waals surface area contributed by atoms with E-state index in [1.54, 1.807) is 16.4 Å². The molecular weight excluding hydrogens is 372 g/mol. The summed E-state index contributed by atoms with van der Waals surface area (Å²) in [6.45, 7) is 2.31. The SMILES string of the molecule is Cl.O=S(=O)(c1ccc(Br)s1)N1CCC2NCCC2C1. The Kier molecular flexibility index (Phi) is 4.96. The highest BCUT2D eigenvalue weighted by atomic mass is 79.9. The molecule has 3 heterocycles. The molecule has 2 aliphatic rings. The van der Waals surface area contributed by atoms with E-state index >= 15 is 0 Å². The van der Waals surface area contributed by atoms with Gasteiger partial charge in [0.05, 0.1) is 3.79 Å². The van der Waals surface area contributed by atoms with E-state index in [2.05, 4.69) is 21.2 Å². The molecule has 0 radical (unpaired) electrons. The zero-order chi connectivity index (χ0) is 12.8. The van der Waals surface area contributed by atoms with Gasteiger partial charge in [0.15, 0.2) is 0 Å². The third-order valence-corrected chi connectivity index (χ3v) is 7.72. The van der Waals surface area contributed by atoms with Crippen molar-refractivity contribution in [3.05, 3.63) is 15.9 Å². The quantitative estimate of drug-likeness (QED) is 0.847. The molecule has 1 aromatic heterocycles. The summed E-state index contributed by atoms with van der Waals surface area (Å²) in [6, 6.07) is 4.00. The number of rotatable bonds is 2. The molecule has 2 atom stereocenters. The van der Waals surface area contributed by atoms with Gasteiger partial charge in [-0.05, 0) is 53.4 Å². The van der Waals surface area contributed by atoms with Gasteiger partial charge in [-0.2, -0.15) is 4.31 Å². The van der Waals surface area contributed by atoms with Crippen LogP contribution >= 0.6 is 39.7 Å². The van der Waals surface area contributed by atoms with Gasteiger partial charge < -0.3 is 5.32 Å². The minimum Gasteiger partial charge on any atom is -0.314 e. The molecule has 108 valence electrons. The maximum Gasteiger partial charge on any atom is 0.252 e. The summed E-state index contributed by atoms with van der Waals surface area (Å²) in [5.41, 5.74) is 0. The van der Waals surface area contributed by atoms with Crippen molar-refractivity contribution in [2.45, 2.75) is 23.1 Å². The van der Waals surface area contributed by atoms with Crippen molar-refractivity contribution in [3.8, 4) is 0 Å². The third-order valence-electron chi connectivity index (χ3n) is 3.76. The predicted molar refractivity (Wildman–Crippen MR) is 82.5 cm³/mol. The Hall–Kier alpha value is 0.340. The van der Waals surface area contributed by atoms with Gasteiger partial charge in [0.25, 0.3) is 10.0 Å². The lowest BCUT2D eigenvalue weighted by molar-refractivity contribution is 0.247. The lowest BCUT2D eigenvalue weighted by atomic mass is 9.95. The molecular formula is C11H16BrClN2O2S2. The first-order chi connectivity index (χ1) is 8.57. The number of fused-ring (bicyclic) bond motifs is 1. The Morgan fingerprint density at radius 1 is 1.37 bits per heavy atom. The Morgan fingerprint density at radius 2 is 2.16 bits per heavy atom. The first-order valence-electron chi connectivity index (χ1n) is 6.06. The van der Waals surface area contributed by atoms with Crippen molar-refractivity contribution in [3.63, 3.8) is 0 Å². The van der Waals surface area contributed by atoms with Crippen LogP contribution in [-0.2, 0) is 10.0 Å². The van der Waals surface area contributed by atoms with E-state index in [1.807, 2.05) is 0 Å². The number of nitrogens with one attached hydrogen (secondary N) is 1. The van der Waals surface area contributed by atoms with Gasteiger partial charge >= 0.3 is 0 Å². The molecule has 4 nitrogen and oxygen atoms in total. The number of sulfonamides is 1. The van der Waals surface area contributed by atoms with Crippen LogP contribution in [0.5, 0.6) is 0 Å². The Bertz CT molecular complexity index is 549. The van der Waals surface area contributed by atoms with Crippen LogP contribution in [0.2, 0.25) is 0 Å². The van der Waals surface area contributed by atoms with Crippen LogP contribution in [0.15, 0.2) is 20.1 Å². The van der Waals surface area contributed by atoms with Gasteiger partial charge in [0.1, 0.15) is 4.21 Å². The van der Waals surface area contributed by atoms with E-state index in [1.165, 1.54) is 11.3 Å². The maximum absolute atomic E-state index is 12.5. The van der Waals surface area contributed by atoms with E-state index in [0.29, 0.717) is 29.3 Å². The Morgan fingerprint density at radius 3 is 2.84 bits per heavy atom. The van der Waals surface area contributed by atoms with E-state index in [0.717, 1.165) is 23.2 Å². The van der Waals surface area contributed by atoms with Crippen LogP contribution in [-0.4, -0.2) is 38.4 Å². The third kappa shape index (κ3) is 3.01. The van der Waals surface area contributed by atoms with Crippen LogP contribution in [0.25, 0.3) is 0 Å². The van der Waals surface area contributed by atoms with Gasteiger partial charge in [-0.15, -0.1) is 23.7 Å². The standard InChI is InChI=1S/C11H15BrN2O2S2.ClH/c12-10-1-2-11(17-10)18(15,16)14-6-4-9-8(7-14)3-5-13-9;/h1-2,8-9,13H,3-7H2;1H. The smallest absolute Gasteiger partial charge is 0.252 e. The molecule has 0 aromatic carbocycles. The van der Waals surface area contributed by atoms with Crippen molar-refractivity contribution >= 4 is 49.7 Å². The van der Waals surface area contributed by atoms with Gasteiger partial charge in [0.2, 0.25) is 0 Å². The second-order valence-electron chi connectivity index (χ2n) is 4.82. The minimum absolute atomic E-state index is 0. The highest BCUT2D eigenvalue weighted by Gasteiger charge is 2.38. The number of halogens is 2. The molecule has 2 fully saturated rings. The molecule has 2 unspecified atom stereocenters. The largest absolute Gasteiger partial charge is 0.314 e. The molecule has 2 aliphatic heterocycles. The van der Waals surface area contributed by atoms with Crippen molar-refractivity contribution in [1.29, 1.82) is 0 Å². The first-order valence-corrected chi connectivity index (χ1v) is 9.11. The Balaban J connectivity index is 0.00000133. The van der Waals surface area contributed by atoms with Crippen molar-refractivity contribution < 1.29 is 8.42 Å². The second kappa shape index (κ2) is 5.99. The number of piperidine rings is 1. The van der Waals surface area contributed by atoms with Gasteiger partial charge in [0, 0.05) is 19.1 Å². The summed E-state index contributed by atoms with van der Waals surface area (Å²) >= 11 is 4.60. The van der Waals surface area contributed by atoms with Crippen molar-refractivity contribution in [2.75, 3.05) is 19.6 Å². The first kappa shape index (κ1) is 15.7. The number of nitrogens with zero attached hydrogens (tertiary/aromatic N) is 1. The van der Waals surface area contributed by atoms with Crippen molar-refractivity contribution in [1.82, 2.24) is 9.62 Å². The number of hydrogen-bond acceptors (Lipinski definition) is 4. The van der Waals surface area contributed by atoms with E-state index in [9.17, 15) is 8.42 Å². The highest BCUT2D eigenvalue weighted by Crippen LogP contribution is 2.32. The molecule has 8 heteroatoms. The molecule has 0 amide bonds. The molecule has 0 saturated carbocycles. The lowest BCUT2D eigenvalue weighted by Gasteiger charge is -2.33. The van der Waals surface area contributed by atoms with E-state index in [4.69, 9.17) is 0 Å². The molecule has 0 bridgehead atoms. The van der Waals surface area contributed by atoms with Crippen LogP contribution in [0.3, 0.4) is 0 Å². The fraction of sp³-hybridized carbons (Fsp3) is 0.636. The lowest BCUT2D eigenvalue weighted by Crippen LogP contribution is -2.46. The second-order valence-corrected chi connectivity index (χ2v) is 9.45. The fourth-order valence-corrected chi connectivity index (χ4v) is 6.47. The average molecular weight is 388 g/mol. The summed E-state index contributed by atoms with van der Waals surface area (Å²) in [7, 11) is -3.29. The van der Waals surface area contributed by atoms with Gasteiger partial charge in [-0.1, -0.05) is 0 Å². The summed E-state index contributed by atoms with van der Waals surface area (Å²) in [5, 5.41) is 3.45. The van der Waals surface area contributed by atoms with Gasteiger partial charge in [-0.3, -0.25) is 0 Å². The predicted octanol–water partition coefficient (Wildman–Crippen LogP) is 2.30. The highest BCUT2D eigenvalue weighted by molar-refractivity contribution is 9.11. The van der Waals surface area contributed by atoms with Gasteiger partial charge in [-0.25, -0.2) is 8.42 Å². The number of thiophene rings is 1.